The van der Waals surface area contributed by atoms with E-state index in [1.165, 1.54) is 6.33 Å². The van der Waals surface area contributed by atoms with Crippen LogP contribution in [0.4, 0.5) is 5.82 Å². The Hall–Kier alpha value is -1.07. The molecule has 0 bridgehead atoms. The highest BCUT2D eigenvalue weighted by Gasteiger charge is 2.41. The van der Waals surface area contributed by atoms with Crippen LogP contribution < -0.4 is 10.9 Å². The predicted molar refractivity (Wildman–Crippen MR) is 61.7 cm³/mol. The highest BCUT2D eigenvalue weighted by atomic mass is 35.5. The van der Waals surface area contributed by atoms with Crippen LogP contribution in [-0.4, -0.2) is 28.2 Å². The maximum absolute atomic E-state index is 11.2. The smallest absolute Gasteiger partial charge is 0.271 e. The monoisotopic (exact) mass is 243 g/mol. The minimum absolute atomic E-state index is 0.0855. The molecule has 0 unspecified atom stereocenters. The molecule has 1 fully saturated rings. The van der Waals surface area contributed by atoms with E-state index >= 15 is 0 Å². The normalized spacial score (nSPS) is 17.1. The fourth-order valence-electron chi connectivity index (χ4n) is 1.71. The number of anilines is 1. The molecule has 0 aliphatic heterocycles. The summed E-state index contributed by atoms with van der Waals surface area (Å²) >= 11 is 5.80. The fourth-order valence-corrected chi connectivity index (χ4v) is 1.88. The number of aliphatic hydroxyl groups is 1. The molecule has 0 radical (unpaired) electrons. The van der Waals surface area contributed by atoms with Crippen LogP contribution in [0, 0.1) is 5.41 Å². The van der Waals surface area contributed by atoms with Gasteiger partial charge in [0.05, 0.1) is 6.33 Å². The van der Waals surface area contributed by atoms with E-state index in [2.05, 4.69) is 15.3 Å². The zero-order chi connectivity index (χ0) is 11.6. The van der Waals surface area contributed by atoms with Gasteiger partial charge >= 0.3 is 0 Å². The first kappa shape index (κ1) is 11.4. The first-order chi connectivity index (χ1) is 7.67. The third-order valence-corrected chi connectivity index (χ3v) is 3.38. The number of nitrogens with one attached hydrogen (secondary N) is 2. The van der Waals surface area contributed by atoms with Gasteiger partial charge in [0.15, 0.2) is 5.82 Å². The standard InChI is InChI=1S/C10H14ClN3O2/c11-7-8(13-6-14-9(7)16)12-5-10(1-2-10)3-4-15/h6,15H,1-5H2,(H2,12,13,14,16). The molecule has 88 valence electrons. The lowest BCUT2D eigenvalue weighted by atomic mass is 10.0. The van der Waals surface area contributed by atoms with Crippen molar-refractivity contribution >= 4 is 17.4 Å². The lowest BCUT2D eigenvalue weighted by Crippen LogP contribution is -2.19. The summed E-state index contributed by atoms with van der Waals surface area (Å²) in [5.41, 5.74) is -0.172. The van der Waals surface area contributed by atoms with Crippen LogP contribution in [0.5, 0.6) is 0 Å². The largest absolute Gasteiger partial charge is 0.396 e. The summed E-state index contributed by atoms with van der Waals surface area (Å²) in [5, 5.41) is 12.1. The highest BCUT2D eigenvalue weighted by molar-refractivity contribution is 6.32. The minimum atomic E-state index is -0.342. The molecular weight excluding hydrogens is 230 g/mol. The lowest BCUT2D eigenvalue weighted by Gasteiger charge is -2.15. The summed E-state index contributed by atoms with van der Waals surface area (Å²) < 4.78 is 0. The van der Waals surface area contributed by atoms with E-state index in [0.29, 0.717) is 12.4 Å². The molecule has 1 saturated carbocycles. The van der Waals surface area contributed by atoms with Crippen LogP contribution >= 0.6 is 11.6 Å². The Morgan fingerprint density at radius 3 is 3.00 bits per heavy atom. The van der Waals surface area contributed by atoms with Gasteiger partial charge in [-0.2, -0.15) is 0 Å². The number of rotatable bonds is 5. The van der Waals surface area contributed by atoms with Crippen LogP contribution in [0.2, 0.25) is 5.02 Å². The van der Waals surface area contributed by atoms with Crippen molar-refractivity contribution in [2.75, 3.05) is 18.5 Å². The van der Waals surface area contributed by atoms with Gasteiger partial charge in [0.1, 0.15) is 5.02 Å². The predicted octanol–water partition coefficient (Wildman–Crippen LogP) is 0.998. The van der Waals surface area contributed by atoms with E-state index < -0.39 is 0 Å². The van der Waals surface area contributed by atoms with Gasteiger partial charge in [0, 0.05) is 13.2 Å². The second kappa shape index (κ2) is 4.43. The number of aliphatic hydroxyl groups excluding tert-OH is 1. The van der Waals surface area contributed by atoms with E-state index in [9.17, 15) is 4.79 Å². The molecule has 5 nitrogen and oxygen atoms in total. The van der Waals surface area contributed by atoms with Crippen LogP contribution in [0.25, 0.3) is 0 Å². The molecule has 1 aromatic rings. The summed E-state index contributed by atoms with van der Waals surface area (Å²) in [4.78, 5) is 17.6. The average Bonchev–Trinajstić information content (AvgIpc) is 3.02. The molecule has 0 saturated heterocycles. The molecular formula is C10H14ClN3O2. The third-order valence-electron chi connectivity index (χ3n) is 3.03. The van der Waals surface area contributed by atoms with Crippen molar-refractivity contribution in [2.24, 2.45) is 5.41 Å². The van der Waals surface area contributed by atoms with Crippen molar-refractivity contribution in [2.45, 2.75) is 19.3 Å². The maximum atomic E-state index is 11.2. The minimum Gasteiger partial charge on any atom is -0.396 e. The Labute approximate surface area is 97.9 Å². The number of H-pyrrole nitrogens is 1. The second-order valence-electron chi connectivity index (χ2n) is 4.22. The Morgan fingerprint density at radius 1 is 1.62 bits per heavy atom. The molecule has 0 amide bonds. The van der Waals surface area contributed by atoms with Crippen molar-refractivity contribution < 1.29 is 5.11 Å². The summed E-state index contributed by atoms with van der Waals surface area (Å²) in [6.07, 6.45) is 4.30. The van der Waals surface area contributed by atoms with Gasteiger partial charge in [0.2, 0.25) is 0 Å². The SMILES string of the molecule is O=c1[nH]cnc(NCC2(CCO)CC2)c1Cl. The molecule has 1 aromatic heterocycles. The molecule has 16 heavy (non-hydrogen) atoms. The van der Waals surface area contributed by atoms with Gasteiger partial charge < -0.3 is 15.4 Å². The van der Waals surface area contributed by atoms with Gasteiger partial charge in [-0.25, -0.2) is 4.98 Å². The topological polar surface area (TPSA) is 78.0 Å². The Morgan fingerprint density at radius 2 is 2.38 bits per heavy atom. The molecule has 0 spiro atoms. The molecule has 1 aliphatic rings. The summed E-state index contributed by atoms with van der Waals surface area (Å²) in [7, 11) is 0. The van der Waals surface area contributed by atoms with Crippen LogP contribution in [-0.2, 0) is 0 Å². The van der Waals surface area contributed by atoms with E-state index in [1.54, 1.807) is 0 Å². The number of halogens is 1. The van der Waals surface area contributed by atoms with Gasteiger partial charge in [-0.3, -0.25) is 4.79 Å². The summed E-state index contributed by atoms with van der Waals surface area (Å²) in [6.45, 7) is 0.891. The van der Waals surface area contributed by atoms with E-state index in [0.717, 1.165) is 19.3 Å². The number of hydrogen-bond acceptors (Lipinski definition) is 4. The quantitative estimate of drug-likeness (QED) is 0.721. The maximum Gasteiger partial charge on any atom is 0.271 e. The lowest BCUT2D eigenvalue weighted by molar-refractivity contribution is 0.253. The Balaban J connectivity index is 2.00. The Kier molecular flexibility index (Phi) is 3.16. The number of hydrogen-bond donors (Lipinski definition) is 3. The number of nitrogens with zero attached hydrogens (tertiary/aromatic N) is 1. The Bertz CT molecular complexity index is 428. The average molecular weight is 244 g/mol. The first-order valence-electron chi connectivity index (χ1n) is 5.25. The van der Waals surface area contributed by atoms with Crippen molar-refractivity contribution in [3.05, 3.63) is 21.7 Å². The summed E-state index contributed by atoms with van der Waals surface area (Å²) in [5.74, 6) is 0.412. The van der Waals surface area contributed by atoms with Crippen molar-refractivity contribution in [3.8, 4) is 0 Å². The van der Waals surface area contributed by atoms with Gasteiger partial charge in [-0.15, -0.1) is 0 Å². The molecule has 2 rings (SSSR count). The van der Waals surface area contributed by atoms with Gasteiger partial charge in [-0.1, -0.05) is 11.6 Å². The molecule has 6 heteroatoms. The molecule has 0 aromatic carbocycles. The highest BCUT2D eigenvalue weighted by Crippen LogP contribution is 2.48. The first-order valence-corrected chi connectivity index (χ1v) is 5.63. The van der Waals surface area contributed by atoms with Crippen molar-refractivity contribution in [1.82, 2.24) is 9.97 Å². The molecule has 3 N–H and O–H groups in total. The van der Waals surface area contributed by atoms with E-state index in [1.807, 2.05) is 0 Å². The van der Waals surface area contributed by atoms with Crippen LogP contribution in [0.15, 0.2) is 11.1 Å². The van der Waals surface area contributed by atoms with Crippen molar-refractivity contribution in [1.29, 1.82) is 0 Å². The van der Waals surface area contributed by atoms with Crippen LogP contribution in [0.3, 0.4) is 0 Å². The third kappa shape index (κ3) is 2.36. The molecule has 1 heterocycles. The molecule has 1 aliphatic carbocycles. The van der Waals surface area contributed by atoms with E-state index in [-0.39, 0.29) is 22.6 Å². The second-order valence-corrected chi connectivity index (χ2v) is 4.60. The number of aromatic nitrogens is 2. The zero-order valence-electron chi connectivity index (χ0n) is 8.79. The van der Waals surface area contributed by atoms with Gasteiger partial charge in [0.25, 0.3) is 5.56 Å². The van der Waals surface area contributed by atoms with E-state index in [4.69, 9.17) is 16.7 Å². The van der Waals surface area contributed by atoms with Crippen LogP contribution in [0.1, 0.15) is 19.3 Å². The number of aromatic amines is 1. The summed E-state index contributed by atoms with van der Waals surface area (Å²) in [6, 6.07) is 0. The molecule has 0 atom stereocenters. The fraction of sp³-hybridized carbons (Fsp3) is 0.600. The van der Waals surface area contributed by atoms with Crippen molar-refractivity contribution in [3.63, 3.8) is 0 Å². The van der Waals surface area contributed by atoms with Gasteiger partial charge in [-0.05, 0) is 24.7 Å². The zero-order valence-corrected chi connectivity index (χ0v) is 9.55.